The van der Waals surface area contributed by atoms with Gasteiger partial charge >= 0.3 is 0 Å². The Labute approximate surface area is 139 Å². The summed E-state index contributed by atoms with van der Waals surface area (Å²) in [4.78, 5) is 26.2. The van der Waals surface area contributed by atoms with E-state index in [1.165, 1.54) is 23.1 Å². The summed E-state index contributed by atoms with van der Waals surface area (Å²) in [5, 5.41) is 2.65. The van der Waals surface area contributed by atoms with Gasteiger partial charge in [0.2, 0.25) is 11.8 Å². The summed E-state index contributed by atoms with van der Waals surface area (Å²) in [7, 11) is -1.39. The predicted molar refractivity (Wildman–Crippen MR) is 86.8 cm³/mol. The maximum absolute atomic E-state index is 13.6. The molecular weight excluding hydrogens is 335 g/mol. The number of anilines is 1. The molecule has 2 heterocycles. The van der Waals surface area contributed by atoms with Crippen LogP contribution in [0.4, 0.5) is 10.1 Å². The molecule has 0 unspecified atom stereocenters. The largest absolute Gasteiger partial charge is 0.342 e. The third-order valence-corrected chi connectivity index (χ3v) is 6.49. The molecular formula is C16H19FN2O4S. The third-order valence-electron chi connectivity index (χ3n) is 4.77. The molecule has 6 nitrogen and oxygen atoms in total. The van der Waals surface area contributed by atoms with Crippen molar-refractivity contribution in [3.05, 3.63) is 29.6 Å². The van der Waals surface area contributed by atoms with E-state index in [0.29, 0.717) is 24.1 Å². The quantitative estimate of drug-likeness (QED) is 0.867. The van der Waals surface area contributed by atoms with Crippen molar-refractivity contribution >= 4 is 27.3 Å². The number of carbonyl (C=O) groups excluding carboxylic acids is 2. The Kier molecular flexibility index (Phi) is 4.33. The van der Waals surface area contributed by atoms with E-state index in [1.54, 1.807) is 7.05 Å². The van der Waals surface area contributed by atoms with Gasteiger partial charge in [-0.25, -0.2) is 12.8 Å². The van der Waals surface area contributed by atoms with Crippen LogP contribution in [-0.2, 0) is 19.4 Å². The highest BCUT2D eigenvalue weighted by Crippen LogP contribution is 2.34. The summed E-state index contributed by atoms with van der Waals surface area (Å²) in [6, 6.07) is 3.79. The fraction of sp³-hybridized carbons (Fsp3) is 0.500. The Bertz CT molecular complexity index is 779. The number of halogens is 1. The monoisotopic (exact) mass is 354 g/mol. The minimum absolute atomic E-state index is 0.0371. The lowest BCUT2D eigenvalue weighted by Crippen LogP contribution is -2.45. The molecule has 0 saturated carbocycles. The zero-order chi connectivity index (χ0) is 17.5. The number of nitrogens with one attached hydrogen (secondary N) is 1. The molecule has 1 aromatic carbocycles. The molecule has 1 saturated heterocycles. The summed E-state index contributed by atoms with van der Waals surface area (Å²) < 4.78 is 36.6. The maximum atomic E-state index is 13.6. The van der Waals surface area contributed by atoms with Crippen molar-refractivity contribution in [3.8, 4) is 0 Å². The highest BCUT2D eigenvalue weighted by atomic mass is 32.2. The Morgan fingerprint density at radius 1 is 1.29 bits per heavy atom. The van der Waals surface area contributed by atoms with Crippen LogP contribution in [0.15, 0.2) is 18.2 Å². The molecule has 0 bridgehead atoms. The number of hydrogen-bond donors (Lipinski definition) is 1. The average molecular weight is 354 g/mol. The summed E-state index contributed by atoms with van der Waals surface area (Å²) in [6.07, 6.45) is 0.740. The third kappa shape index (κ3) is 3.28. The van der Waals surface area contributed by atoms with Crippen molar-refractivity contribution < 1.29 is 22.4 Å². The molecule has 0 aliphatic carbocycles. The van der Waals surface area contributed by atoms with Gasteiger partial charge < -0.3 is 10.2 Å². The van der Waals surface area contributed by atoms with Crippen LogP contribution in [0.25, 0.3) is 0 Å². The van der Waals surface area contributed by atoms with Gasteiger partial charge in [-0.2, -0.15) is 0 Å². The fourth-order valence-corrected chi connectivity index (χ4v) is 4.81. The number of benzene rings is 1. The van der Waals surface area contributed by atoms with Crippen LogP contribution in [0.1, 0.15) is 30.7 Å². The topological polar surface area (TPSA) is 83.6 Å². The lowest BCUT2D eigenvalue weighted by atomic mass is 9.88. The van der Waals surface area contributed by atoms with Crippen molar-refractivity contribution in [1.82, 2.24) is 4.90 Å². The molecule has 0 aromatic heterocycles. The van der Waals surface area contributed by atoms with Gasteiger partial charge in [-0.1, -0.05) is 0 Å². The van der Waals surface area contributed by atoms with E-state index in [1.807, 2.05) is 0 Å². The first-order chi connectivity index (χ1) is 11.3. The van der Waals surface area contributed by atoms with E-state index in [0.717, 1.165) is 0 Å². The Hall–Kier alpha value is -1.96. The number of rotatable bonds is 2. The lowest BCUT2D eigenvalue weighted by Gasteiger charge is -2.35. The van der Waals surface area contributed by atoms with E-state index < -0.39 is 21.6 Å². The molecule has 1 aromatic rings. The van der Waals surface area contributed by atoms with Crippen LogP contribution in [0, 0.1) is 5.82 Å². The summed E-state index contributed by atoms with van der Waals surface area (Å²) in [5.74, 6) is -1.65. The predicted octanol–water partition coefficient (Wildman–Crippen LogP) is 1.29. The number of carbonyl (C=O) groups is 2. The fourth-order valence-electron chi connectivity index (χ4n) is 3.34. The van der Waals surface area contributed by atoms with Crippen LogP contribution in [0.3, 0.4) is 0 Å². The minimum atomic E-state index is -3.01. The number of sulfone groups is 1. The van der Waals surface area contributed by atoms with Crippen molar-refractivity contribution in [2.45, 2.75) is 31.2 Å². The Morgan fingerprint density at radius 2 is 1.96 bits per heavy atom. The van der Waals surface area contributed by atoms with Gasteiger partial charge in [0, 0.05) is 25.2 Å². The average Bonchev–Trinajstić information content (AvgIpc) is 2.53. The molecule has 2 amide bonds. The second-order valence-corrected chi connectivity index (χ2v) is 8.67. The second kappa shape index (κ2) is 6.16. The van der Waals surface area contributed by atoms with Gasteiger partial charge in [-0.05, 0) is 36.6 Å². The molecule has 1 fully saturated rings. The normalized spacial score (nSPS) is 23.2. The maximum Gasteiger partial charge on any atom is 0.230 e. The van der Waals surface area contributed by atoms with E-state index in [4.69, 9.17) is 0 Å². The van der Waals surface area contributed by atoms with E-state index in [-0.39, 0.29) is 35.8 Å². The molecule has 130 valence electrons. The summed E-state index contributed by atoms with van der Waals surface area (Å²) in [6.45, 7) is 0. The molecule has 2 aliphatic heterocycles. The van der Waals surface area contributed by atoms with Crippen LogP contribution in [-0.4, -0.2) is 49.7 Å². The zero-order valence-corrected chi connectivity index (χ0v) is 14.1. The number of fused-ring (bicyclic) bond motifs is 1. The first kappa shape index (κ1) is 16.9. The minimum Gasteiger partial charge on any atom is -0.342 e. The van der Waals surface area contributed by atoms with E-state index in [9.17, 15) is 22.4 Å². The van der Waals surface area contributed by atoms with E-state index in [2.05, 4.69) is 5.32 Å². The number of hydrogen-bond acceptors (Lipinski definition) is 4. The molecule has 1 atom stereocenters. The van der Waals surface area contributed by atoms with Gasteiger partial charge in [-0.15, -0.1) is 0 Å². The number of likely N-dealkylation sites (N-methyl/N-ethyl adjacent to an activating group) is 1. The molecule has 2 aliphatic rings. The Morgan fingerprint density at radius 3 is 2.62 bits per heavy atom. The smallest absolute Gasteiger partial charge is 0.230 e. The van der Waals surface area contributed by atoms with Crippen molar-refractivity contribution in [2.24, 2.45) is 0 Å². The zero-order valence-electron chi connectivity index (χ0n) is 13.3. The number of amides is 2. The summed E-state index contributed by atoms with van der Waals surface area (Å²) >= 11 is 0. The standard InChI is InChI=1S/C16H19FN2O4S/c1-19(11-4-6-24(22,23)7-5-11)16(21)13-9-15(20)18-14-3-2-10(17)8-12(13)14/h2-3,8,11,13H,4-7,9H2,1H3,(H,18,20)/t13-/m0/s1. The molecule has 24 heavy (non-hydrogen) atoms. The van der Waals surface area contributed by atoms with Gasteiger partial charge in [0.25, 0.3) is 0 Å². The molecule has 0 radical (unpaired) electrons. The van der Waals surface area contributed by atoms with E-state index >= 15 is 0 Å². The van der Waals surface area contributed by atoms with Crippen molar-refractivity contribution in [1.29, 1.82) is 0 Å². The number of nitrogens with zero attached hydrogens (tertiary/aromatic N) is 1. The van der Waals surface area contributed by atoms with Crippen molar-refractivity contribution in [3.63, 3.8) is 0 Å². The summed E-state index contributed by atoms with van der Waals surface area (Å²) in [5.41, 5.74) is 0.917. The highest BCUT2D eigenvalue weighted by molar-refractivity contribution is 7.91. The Balaban J connectivity index is 1.82. The molecule has 0 spiro atoms. The van der Waals surface area contributed by atoms with Crippen LogP contribution in [0.2, 0.25) is 0 Å². The van der Waals surface area contributed by atoms with Gasteiger partial charge in [0.15, 0.2) is 0 Å². The van der Waals surface area contributed by atoms with Crippen molar-refractivity contribution in [2.75, 3.05) is 23.9 Å². The first-order valence-electron chi connectivity index (χ1n) is 7.83. The molecule has 3 rings (SSSR count). The van der Waals surface area contributed by atoms with Crippen LogP contribution < -0.4 is 5.32 Å². The van der Waals surface area contributed by atoms with Crippen LogP contribution >= 0.6 is 0 Å². The van der Waals surface area contributed by atoms with Gasteiger partial charge in [0.1, 0.15) is 15.7 Å². The second-order valence-electron chi connectivity index (χ2n) is 6.37. The molecule has 8 heteroatoms. The first-order valence-corrected chi connectivity index (χ1v) is 9.65. The molecule has 1 N–H and O–H groups in total. The lowest BCUT2D eigenvalue weighted by molar-refractivity contribution is -0.135. The SMILES string of the molecule is CN(C(=O)[C@H]1CC(=O)Nc2ccc(F)cc21)C1CCS(=O)(=O)CC1. The van der Waals surface area contributed by atoms with Gasteiger partial charge in [-0.3, -0.25) is 9.59 Å². The van der Waals surface area contributed by atoms with Crippen LogP contribution in [0.5, 0.6) is 0 Å². The van der Waals surface area contributed by atoms with Gasteiger partial charge in [0.05, 0.1) is 17.4 Å². The highest BCUT2D eigenvalue weighted by Gasteiger charge is 2.36.